The lowest BCUT2D eigenvalue weighted by Crippen LogP contribution is -2.06. The minimum atomic E-state index is 0.580. The third-order valence-electron chi connectivity index (χ3n) is 3.29. The highest BCUT2D eigenvalue weighted by Crippen LogP contribution is 2.23. The predicted octanol–water partition coefficient (Wildman–Crippen LogP) is 3.90. The topological polar surface area (TPSA) is 62.7 Å². The van der Waals surface area contributed by atoms with Gasteiger partial charge in [-0.15, -0.1) is 0 Å². The van der Waals surface area contributed by atoms with Gasteiger partial charge in [0.1, 0.15) is 5.82 Å². The molecule has 0 unspecified atom stereocenters. The Morgan fingerprint density at radius 3 is 2.82 bits per heavy atom. The zero-order valence-corrected chi connectivity index (χ0v) is 12.8. The first-order valence-electron chi connectivity index (χ1n) is 7.46. The molecule has 0 saturated carbocycles. The van der Waals surface area contributed by atoms with Gasteiger partial charge in [0.15, 0.2) is 0 Å². The van der Waals surface area contributed by atoms with E-state index < -0.39 is 0 Å². The molecule has 2 N–H and O–H groups in total. The summed E-state index contributed by atoms with van der Waals surface area (Å²) in [5.74, 6) is 1.42. The Hall–Kier alpha value is -2.69. The zero-order valence-electron chi connectivity index (χ0n) is 12.8. The van der Waals surface area contributed by atoms with Gasteiger partial charge in [0.05, 0.1) is 11.2 Å². The maximum absolute atomic E-state index is 4.51. The predicted molar refractivity (Wildman–Crippen MR) is 90.6 cm³/mol. The average Bonchev–Trinajstić information content (AvgIpc) is 2.53. The van der Waals surface area contributed by atoms with Crippen LogP contribution in [0.25, 0.3) is 10.9 Å². The Kier molecular flexibility index (Phi) is 4.14. The third kappa shape index (κ3) is 3.14. The lowest BCUT2D eigenvalue weighted by atomic mass is 10.2. The van der Waals surface area contributed by atoms with Crippen molar-refractivity contribution < 1.29 is 0 Å². The Morgan fingerprint density at radius 1 is 1.09 bits per heavy atom. The second-order valence-corrected chi connectivity index (χ2v) is 5.15. The fourth-order valence-corrected chi connectivity index (χ4v) is 2.29. The largest absolute Gasteiger partial charge is 0.370 e. The number of hydrogen-bond acceptors (Lipinski definition) is 5. The molecule has 3 aromatic rings. The van der Waals surface area contributed by atoms with E-state index in [1.807, 2.05) is 43.3 Å². The number of nitrogens with zero attached hydrogens (tertiary/aromatic N) is 3. The number of fused-ring (bicyclic) bond motifs is 1. The molecule has 0 fully saturated rings. The minimum absolute atomic E-state index is 0.580. The van der Waals surface area contributed by atoms with Crippen LogP contribution in [0.15, 0.2) is 42.6 Å². The van der Waals surface area contributed by atoms with E-state index in [2.05, 4.69) is 32.5 Å². The average molecular weight is 293 g/mol. The quantitative estimate of drug-likeness (QED) is 0.747. The summed E-state index contributed by atoms with van der Waals surface area (Å²) in [7, 11) is 0. The van der Waals surface area contributed by atoms with Gasteiger partial charge in [0.2, 0.25) is 5.95 Å². The molecule has 0 amide bonds. The van der Waals surface area contributed by atoms with Crippen LogP contribution < -0.4 is 10.6 Å². The van der Waals surface area contributed by atoms with Crippen LogP contribution in [0.1, 0.15) is 19.0 Å². The number of pyridine rings is 1. The van der Waals surface area contributed by atoms with Crippen LogP contribution >= 0.6 is 0 Å². The van der Waals surface area contributed by atoms with Crippen molar-refractivity contribution in [1.82, 2.24) is 15.0 Å². The van der Waals surface area contributed by atoms with E-state index >= 15 is 0 Å². The molecule has 22 heavy (non-hydrogen) atoms. The van der Waals surface area contributed by atoms with Crippen molar-refractivity contribution >= 4 is 28.4 Å². The normalized spacial score (nSPS) is 10.6. The molecule has 3 rings (SSSR count). The Morgan fingerprint density at radius 2 is 1.95 bits per heavy atom. The number of rotatable bonds is 5. The summed E-state index contributed by atoms with van der Waals surface area (Å²) in [5.41, 5.74) is 2.74. The maximum Gasteiger partial charge on any atom is 0.229 e. The van der Waals surface area contributed by atoms with Gasteiger partial charge < -0.3 is 10.6 Å². The second-order valence-electron chi connectivity index (χ2n) is 5.15. The summed E-state index contributed by atoms with van der Waals surface area (Å²) in [5, 5.41) is 7.66. The highest BCUT2D eigenvalue weighted by Gasteiger charge is 2.06. The highest BCUT2D eigenvalue weighted by atomic mass is 15.1. The number of hydrogen-bond donors (Lipinski definition) is 2. The van der Waals surface area contributed by atoms with Crippen molar-refractivity contribution in [1.29, 1.82) is 0 Å². The van der Waals surface area contributed by atoms with Gasteiger partial charge in [0.25, 0.3) is 0 Å². The van der Waals surface area contributed by atoms with E-state index in [0.29, 0.717) is 5.95 Å². The van der Waals surface area contributed by atoms with Crippen LogP contribution in [-0.4, -0.2) is 21.5 Å². The van der Waals surface area contributed by atoms with Gasteiger partial charge in [-0.05, 0) is 25.5 Å². The lowest BCUT2D eigenvalue weighted by Gasteiger charge is -2.10. The summed E-state index contributed by atoms with van der Waals surface area (Å²) >= 11 is 0. The third-order valence-corrected chi connectivity index (χ3v) is 3.29. The molecule has 0 radical (unpaired) electrons. The molecule has 0 aliphatic heterocycles. The fourth-order valence-electron chi connectivity index (χ4n) is 2.29. The van der Waals surface area contributed by atoms with Crippen LogP contribution in [0.3, 0.4) is 0 Å². The van der Waals surface area contributed by atoms with Gasteiger partial charge in [-0.2, -0.15) is 4.98 Å². The molecule has 5 nitrogen and oxygen atoms in total. The van der Waals surface area contributed by atoms with E-state index in [9.17, 15) is 0 Å². The molecular weight excluding hydrogens is 274 g/mol. The smallest absolute Gasteiger partial charge is 0.229 e. The number of aryl methyl sites for hydroxylation is 1. The molecule has 2 aromatic heterocycles. The van der Waals surface area contributed by atoms with Gasteiger partial charge in [-0.1, -0.05) is 25.1 Å². The Labute approximate surface area is 129 Å². The Bertz CT molecular complexity index is 780. The molecule has 0 atom stereocenters. The van der Waals surface area contributed by atoms with Crippen molar-refractivity contribution in [2.24, 2.45) is 0 Å². The highest BCUT2D eigenvalue weighted by molar-refractivity contribution is 5.91. The standard InChI is InChI=1S/C17H19N5/c1-3-9-18-15-11-12(2)20-17(22-15)21-14-8-4-6-13-7-5-10-19-16(13)14/h4-8,10-11H,3,9H2,1-2H3,(H2,18,20,21,22). The molecule has 112 valence electrons. The van der Waals surface area contributed by atoms with Crippen LogP contribution in [-0.2, 0) is 0 Å². The van der Waals surface area contributed by atoms with Gasteiger partial charge in [0, 0.05) is 29.9 Å². The molecule has 2 heterocycles. The van der Waals surface area contributed by atoms with Crippen molar-refractivity contribution in [3.05, 3.63) is 48.3 Å². The van der Waals surface area contributed by atoms with Crippen LogP contribution in [0.2, 0.25) is 0 Å². The van der Waals surface area contributed by atoms with Gasteiger partial charge in [-0.3, -0.25) is 4.98 Å². The number of benzene rings is 1. The minimum Gasteiger partial charge on any atom is -0.370 e. The summed E-state index contributed by atoms with van der Waals surface area (Å²) in [6, 6.07) is 11.9. The molecule has 1 aromatic carbocycles. The monoisotopic (exact) mass is 293 g/mol. The Balaban J connectivity index is 1.93. The van der Waals surface area contributed by atoms with Gasteiger partial charge in [-0.25, -0.2) is 4.98 Å². The second kappa shape index (κ2) is 6.39. The van der Waals surface area contributed by atoms with Crippen LogP contribution in [0, 0.1) is 6.92 Å². The number of aromatic nitrogens is 3. The van der Waals surface area contributed by atoms with Crippen molar-refractivity contribution in [3.8, 4) is 0 Å². The van der Waals surface area contributed by atoms with Crippen molar-refractivity contribution in [3.63, 3.8) is 0 Å². The van der Waals surface area contributed by atoms with Crippen molar-refractivity contribution in [2.45, 2.75) is 20.3 Å². The van der Waals surface area contributed by atoms with Crippen LogP contribution in [0.4, 0.5) is 17.5 Å². The number of nitrogens with one attached hydrogen (secondary N) is 2. The molecule has 0 aliphatic carbocycles. The van der Waals surface area contributed by atoms with Gasteiger partial charge >= 0.3 is 0 Å². The summed E-state index contributed by atoms with van der Waals surface area (Å²) in [6.45, 7) is 4.99. The van der Waals surface area contributed by atoms with Crippen LogP contribution in [0.5, 0.6) is 0 Å². The van der Waals surface area contributed by atoms with E-state index in [1.165, 1.54) is 0 Å². The molecular formula is C17H19N5. The summed E-state index contributed by atoms with van der Waals surface area (Å²) in [4.78, 5) is 13.4. The van der Waals surface area contributed by atoms with Crippen molar-refractivity contribution in [2.75, 3.05) is 17.2 Å². The lowest BCUT2D eigenvalue weighted by molar-refractivity contribution is 0.962. The van der Waals surface area contributed by atoms with E-state index in [0.717, 1.165) is 41.1 Å². The van der Waals surface area contributed by atoms with E-state index in [4.69, 9.17) is 0 Å². The first-order valence-corrected chi connectivity index (χ1v) is 7.46. The first-order chi connectivity index (χ1) is 10.8. The SMILES string of the molecule is CCCNc1cc(C)nc(Nc2cccc3cccnc23)n1. The molecule has 0 bridgehead atoms. The number of anilines is 3. The number of para-hydroxylation sites is 1. The molecule has 0 spiro atoms. The maximum atomic E-state index is 4.51. The molecule has 0 saturated heterocycles. The summed E-state index contributed by atoms with van der Waals surface area (Å²) < 4.78 is 0. The van der Waals surface area contributed by atoms with E-state index in [-0.39, 0.29) is 0 Å². The molecule has 0 aliphatic rings. The van der Waals surface area contributed by atoms with E-state index in [1.54, 1.807) is 6.20 Å². The summed E-state index contributed by atoms with van der Waals surface area (Å²) in [6.07, 6.45) is 2.85. The zero-order chi connectivity index (χ0) is 15.4. The first kappa shape index (κ1) is 14.3. The molecule has 5 heteroatoms. The fraction of sp³-hybridized carbons (Fsp3) is 0.235.